The van der Waals surface area contributed by atoms with Crippen molar-refractivity contribution in [2.45, 2.75) is 32.6 Å². The highest BCUT2D eigenvalue weighted by atomic mass is 32.1. The number of thiophene rings is 1. The van der Waals surface area contributed by atoms with E-state index in [1.807, 2.05) is 5.38 Å². The number of nitrogens with one attached hydrogen (secondary N) is 1. The summed E-state index contributed by atoms with van der Waals surface area (Å²) in [4.78, 5) is 13.1. The van der Waals surface area contributed by atoms with E-state index in [1.54, 1.807) is 17.6 Å². The van der Waals surface area contributed by atoms with E-state index >= 15 is 0 Å². The minimum Gasteiger partial charge on any atom is -0.273 e. The Morgan fingerprint density at radius 1 is 1.44 bits per heavy atom. The number of hydrogen-bond acceptors (Lipinski definition) is 3. The van der Waals surface area contributed by atoms with Crippen molar-refractivity contribution in [1.82, 2.24) is 5.43 Å². The van der Waals surface area contributed by atoms with E-state index < -0.39 is 0 Å². The first-order chi connectivity index (χ1) is 8.77. The van der Waals surface area contributed by atoms with Gasteiger partial charge in [0.2, 0.25) is 5.91 Å². The second kappa shape index (κ2) is 4.84. The fourth-order valence-electron chi connectivity index (χ4n) is 3.13. The van der Waals surface area contributed by atoms with Gasteiger partial charge in [0.25, 0.3) is 0 Å². The van der Waals surface area contributed by atoms with Gasteiger partial charge in [-0.1, -0.05) is 12.8 Å². The van der Waals surface area contributed by atoms with E-state index in [2.05, 4.69) is 23.5 Å². The predicted molar refractivity (Wildman–Crippen MR) is 73.7 cm³/mol. The summed E-state index contributed by atoms with van der Waals surface area (Å²) in [5.41, 5.74) is 3.91. The van der Waals surface area contributed by atoms with Crippen molar-refractivity contribution in [3.63, 3.8) is 0 Å². The first kappa shape index (κ1) is 11.9. The molecule has 1 heterocycles. The molecule has 0 spiro atoms. The van der Waals surface area contributed by atoms with Crippen molar-refractivity contribution in [1.29, 1.82) is 0 Å². The van der Waals surface area contributed by atoms with Crippen LogP contribution in [0.1, 0.15) is 36.1 Å². The number of nitrogens with zero attached hydrogens (tertiary/aromatic N) is 1. The summed E-state index contributed by atoms with van der Waals surface area (Å²) >= 11 is 1.64. The molecule has 1 aromatic heterocycles. The number of carbonyl (C=O) groups is 1. The van der Waals surface area contributed by atoms with Crippen LogP contribution in [-0.4, -0.2) is 12.1 Å². The lowest BCUT2D eigenvalue weighted by Gasteiger charge is -2.04. The largest absolute Gasteiger partial charge is 0.273 e. The summed E-state index contributed by atoms with van der Waals surface area (Å²) < 4.78 is 0. The molecule has 2 aliphatic carbocycles. The Hall–Kier alpha value is -1.16. The molecule has 0 bridgehead atoms. The number of amides is 1. The first-order valence-corrected chi connectivity index (χ1v) is 7.52. The molecule has 2 fully saturated rings. The van der Waals surface area contributed by atoms with Gasteiger partial charge in [-0.25, -0.2) is 5.43 Å². The molecule has 96 valence electrons. The van der Waals surface area contributed by atoms with Crippen LogP contribution < -0.4 is 5.43 Å². The van der Waals surface area contributed by atoms with Crippen molar-refractivity contribution in [3.05, 3.63) is 21.9 Å². The van der Waals surface area contributed by atoms with Crippen molar-refractivity contribution >= 4 is 23.5 Å². The maximum Gasteiger partial charge on any atom is 0.243 e. The van der Waals surface area contributed by atoms with Gasteiger partial charge in [0.05, 0.1) is 6.21 Å². The second-order valence-electron chi connectivity index (χ2n) is 5.34. The van der Waals surface area contributed by atoms with E-state index in [9.17, 15) is 4.79 Å². The Morgan fingerprint density at radius 2 is 2.17 bits per heavy atom. The Kier molecular flexibility index (Phi) is 3.20. The molecule has 0 aliphatic heterocycles. The van der Waals surface area contributed by atoms with Gasteiger partial charge in [-0.05, 0) is 48.6 Å². The summed E-state index contributed by atoms with van der Waals surface area (Å²) in [6.45, 7) is 2.05. The fraction of sp³-hybridized carbons (Fsp3) is 0.571. The standard InChI is InChI=1S/C14H18N2OS/c1-9-6-7-18-12(9)8-15-16-14(17)13-10-4-2-3-5-11(10)13/h6-8,10-11,13H,2-5H2,1H3,(H,16,17)/b15-8+. The highest BCUT2D eigenvalue weighted by molar-refractivity contribution is 7.11. The molecule has 4 heteroatoms. The highest BCUT2D eigenvalue weighted by Crippen LogP contribution is 2.55. The molecule has 3 rings (SSSR count). The van der Waals surface area contributed by atoms with E-state index in [0.717, 1.165) is 4.88 Å². The minimum absolute atomic E-state index is 0.123. The Balaban J connectivity index is 1.53. The quantitative estimate of drug-likeness (QED) is 0.660. The van der Waals surface area contributed by atoms with Crippen LogP contribution in [0.5, 0.6) is 0 Å². The maximum atomic E-state index is 12.0. The third-order valence-electron chi connectivity index (χ3n) is 4.22. The first-order valence-electron chi connectivity index (χ1n) is 6.64. The van der Waals surface area contributed by atoms with Crippen LogP contribution >= 0.6 is 11.3 Å². The highest BCUT2D eigenvalue weighted by Gasteiger charge is 2.54. The molecule has 2 unspecified atom stereocenters. The lowest BCUT2D eigenvalue weighted by atomic mass is 10.0. The number of hydrogen-bond donors (Lipinski definition) is 1. The molecule has 3 nitrogen and oxygen atoms in total. The van der Waals surface area contributed by atoms with Crippen LogP contribution in [0.4, 0.5) is 0 Å². The van der Waals surface area contributed by atoms with Gasteiger partial charge < -0.3 is 0 Å². The van der Waals surface area contributed by atoms with Crippen molar-refractivity contribution in [2.75, 3.05) is 0 Å². The van der Waals surface area contributed by atoms with Crippen LogP contribution in [0.2, 0.25) is 0 Å². The number of hydrazone groups is 1. The summed E-state index contributed by atoms with van der Waals surface area (Å²) in [5.74, 6) is 1.67. The van der Waals surface area contributed by atoms with Gasteiger partial charge in [0.15, 0.2) is 0 Å². The van der Waals surface area contributed by atoms with E-state index in [1.165, 1.54) is 31.2 Å². The molecule has 1 amide bonds. The third-order valence-corrected chi connectivity index (χ3v) is 5.17. The number of fused-ring (bicyclic) bond motifs is 1. The molecule has 0 aromatic carbocycles. The van der Waals surface area contributed by atoms with Gasteiger partial charge >= 0.3 is 0 Å². The zero-order chi connectivity index (χ0) is 12.5. The zero-order valence-corrected chi connectivity index (χ0v) is 11.4. The maximum absolute atomic E-state index is 12.0. The Labute approximate surface area is 111 Å². The topological polar surface area (TPSA) is 41.5 Å². The fourth-order valence-corrected chi connectivity index (χ4v) is 3.91. The number of carbonyl (C=O) groups excluding carboxylic acids is 1. The minimum atomic E-state index is 0.123. The molecule has 0 saturated heterocycles. The van der Waals surface area contributed by atoms with Gasteiger partial charge in [-0.2, -0.15) is 5.10 Å². The summed E-state index contributed by atoms with van der Waals surface area (Å²) in [7, 11) is 0. The van der Waals surface area contributed by atoms with Gasteiger partial charge in [-0.15, -0.1) is 11.3 Å². The molecular weight excluding hydrogens is 244 g/mol. The summed E-state index contributed by atoms with van der Waals surface area (Å²) in [6, 6.07) is 2.06. The van der Waals surface area contributed by atoms with Crippen LogP contribution in [0, 0.1) is 24.7 Å². The van der Waals surface area contributed by atoms with Crippen molar-refractivity contribution < 1.29 is 4.79 Å². The average Bonchev–Trinajstić information content (AvgIpc) is 2.98. The smallest absolute Gasteiger partial charge is 0.243 e. The summed E-state index contributed by atoms with van der Waals surface area (Å²) in [6.07, 6.45) is 6.81. The van der Waals surface area contributed by atoms with E-state index in [-0.39, 0.29) is 11.8 Å². The average molecular weight is 262 g/mol. The molecule has 2 atom stereocenters. The second-order valence-corrected chi connectivity index (χ2v) is 6.29. The van der Waals surface area contributed by atoms with Gasteiger partial charge in [-0.3, -0.25) is 4.79 Å². The van der Waals surface area contributed by atoms with Gasteiger partial charge in [0, 0.05) is 10.8 Å². The normalized spacial score (nSPS) is 30.2. The van der Waals surface area contributed by atoms with Crippen LogP contribution in [-0.2, 0) is 4.79 Å². The molecule has 1 aromatic rings. The van der Waals surface area contributed by atoms with E-state index in [4.69, 9.17) is 0 Å². The molecule has 2 saturated carbocycles. The van der Waals surface area contributed by atoms with Crippen molar-refractivity contribution in [2.24, 2.45) is 22.9 Å². The molecule has 1 N–H and O–H groups in total. The zero-order valence-electron chi connectivity index (χ0n) is 10.6. The Bertz CT molecular complexity index is 468. The SMILES string of the molecule is Cc1ccsc1/C=N/NC(=O)C1C2CCCCC21. The molecule has 2 aliphatic rings. The molecule has 18 heavy (non-hydrogen) atoms. The molecular formula is C14H18N2OS. The van der Waals surface area contributed by atoms with Crippen LogP contribution in [0.3, 0.4) is 0 Å². The van der Waals surface area contributed by atoms with Crippen LogP contribution in [0.25, 0.3) is 0 Å². The molecule has 0 radical (unpaired) electrons. The monoisotopic (exact) mass is 262 g/mol. The Morgan fingerprint density at radius 3 is 2.78 bits per heavy atom. The number of aryl methyl sites for hydroxylation is 1. The van der Waals surface area contributed by atoms with Gasteiger partial charge in [0.1, 0.15) is 0 Å². The van der Waals surface area contributed by atoms with Crippen LogP contribution in [0.15, 0.2) is 16.5 Å². The lowest BCUT2D eigenvalue weighted by Crippen LogP contribution is -2.20. The van der Waals surface area contributed by atoms with E-state index in [0.29, 0.717) is 11.8 Å². The van der Waals surface area contributed by atoms with Crippen molar-refractivity contribution in [3.8, 4) is 0 Å². The summed E-state index contributed by atoms with van der Waals surface area (Å²) in [5, 5.41) is 6.12. The predicted octanol–water partition coefficient (Wildman–Crippen LogP) is 2.94. The number of rotatable bonds is 3. The lowest BCUT2D eigenvalue weighted by molar-refractivity contribution is -0.122. The third kappa shape index (κ3) is 2.21.